The molecule has 0 spiro atoms. The summed E-state index contributed by atoms with van der Waals surface area (Å²) in [6.07, 6.45) is 0. The van der Waals surface area contributed by atoms with Crippen molar-refractivity contribution in [2.75, 3.05) is 39.3 Å². The number of hydrogen-bond acceptors (Lipinski definition) is 3. The number of nitrogens with one attached hydrogen (secondary N) is 2. The second-order valence-electron chi connectivity index (χ2n) is 3.10. The Hall–Kier alpha value is 0.750. The van der Waals surface area contributed by atoms with Gasteiger partial charge in [0.2, 0.25) is 0 Å². The van der Waals surface area contributed by atoms with Gasteiger partial charge in [-0.1, -0.05) is 0 Å². The van der Waals surface area contributed by atoms with Crippen molar-refractivity contribution in [1.82, 2.24) is 15.5 Å². The number of rotatable bonds is 0. The van der Waals surface area contributed by atoms with Crippen LogP contribution < -0.4 is 10.6 Å². The predicted octanol–water partition coefficient (Wildman–Crippen LogP) is 0.129. The molecule has 0 aromatic rings. The van der Waals surface area contributed by atoms with Crippen molar-refractivity contribution in [2.24, 2.45) is 0 Å². The maximum absolute atomic E-state index is 3.40. The molecule has 82 valence electrons. The molecule has 2 heterocycles. The SMILES string of the molecule is C1CN2CCNCC2CN1.Cl.Cl.Cl. The van der Waals surface area contributed by atoms with Crippen LogP contribution in [0.1, 0.15) is 0 Å². The molecule has 0 atom stereocenters. The zero-order valence-electron chi connectivity index (χ0n) is 7.49. The third-order valence-electron chi connectivity index (χ3n) is 2.43. The van der Waals surface area contributed by atoms with E-state index in [0.717, 1.165) is 6.04 Å². The van der Waals surface area contributed by atoms with E-state index in [0.29, 0.717) is 0 Å². The summed E-state index contributed by atoms with van der Waals surface area (Å²) in [7, 11) is 0. The van der Waals surface area contributed by atoms with E-state index in [1.54, 1.807) is 0 Å². The summed E-state index contributed by atoms with van der Waals surface area (Å²) in [5.41, 5.74) is 0. The van der Waals surface area contributed by atoms with E-state index < -0.39 is 0 Å². The Balaban J connectivity index is 0. The predicted molar refractivity (Wildman–Crippen MR) is 62.8 cm³/mol. The van der Waals surface area contributed by atoms with Gasteiger partial charge in [0, 0.05) is 45.3 Å². The van der Waals surface area contributed by atoms with Crippen LogP contribution in [-0.4, -0.2) is 50.2 Å². The Morgan fingerprint density at radius 3 is 1.69 bits per heavy atom. The summed E-state index contributed by atoms with van der Waals surface area (Å²) < 4.78 is 0. The van der Waals surface area contributed by atoms with Gasteiger partial charge in [0.05, 0.1) is 0 Å². The molecule has 3 nitrogen and oxygen atoms in total. The molecule has 2 saturated heterocycles. The highest BCUT2D eigenvalue weighted by Gasteiger charge is 2.23. The molecule has 2 rings (SSSR count). The fourth-order valence-electron chi connectivity index (χ4n) is 1.79. The van der Waals surface area contributed by atoms with Crippen LogP contribution in [0.15, 0.2) is 0 Å². The van der Waals surface area contributed by atoms with Crippen LogP contribution in [0.2, 0.25) is 0 Å². The number of nitrogens with zero attached hydrogens (tertiary/aromatic N) is 1. The number of halogens is 3. The smallest absolute Gasteiger partial charge is 0.0346 e. The minimum absolute atomic E-state index is 0. The average Bonchev–Trinajstić information content (AvgIpc) is 2.05. The standard InChI is InChI=1S/C7H15N3.3ClH/c1-3-10-4-2-9-6-7(10)5-8-1;;;/h7-9H,1-6H2;3*1H. The van der Waals surface area contributed by atoms with Gasteiger partial charge >= 0.3 is 0 Å². The topological polar surface area (TPSA) is 27.3 Å². The van der Waals surface area contributed by atoms with Crippen LogP contribution in [0, 0.1) is 0 Å². The molecule has 0 unspecified atom stereocenters. The Kier molecular flexibility index (Phi) is 10.1. The summed E-state index contributed by atoms with van der Waals surface area (Å²) >= 11 is 0. The molecular formula is C7H18Cl3N3. The van der Waals surface area contributed by atoms with Crippen molar-refractivity contribution in [3.63, 3.8) is 0 Å². The summed E-state index contributed by atoms with van der Waals surface area (Å²) in [6, 6.07) is 0.766. The van der Waals surface area contributed by atoms with Gasteiger partial charge in [-0.25, -0.2) is 0 Å². The molecule has 0 aromatic carbocycles. The first kappa shape index (κ1) is 16.2. The van der Waals surface area contributed by atoms with Crippen molar-refractivity contribution in [1.29, 1.82) is 0 Å². The number of piperazine rings is 2. The van der Waals surface area contributed by atoms with E-state index >= 15 is 0 Å². The van der Waals surface area contributed by atoms with E-state index in [9.17, 15) is 0 Å². The van der Waals surface area contributed by atoms with Crippen LogP contribution in [0.4, 0.5) is 0 Å². The van der Waals surface area contributed by atoms with Gasteiger partial charge in [-0.15, -0.1) is 37.2 Å². The molecule has 2 N–H and O–H groups in total. The average molecular weight is 251 g/mol. The Morgan fingerprint density at radius 1 is 0.846 bits per heavy atom. The zero-order chi connectivity index (χ0) is 6.81. The molecule has 2 aliphatic heterocycles. The molecule has 0 saturated carbocycles. The monoisotopic (exact) mass is 249 g/mol. The summed E-state index contributed by atoms with van der Waals surface area (Å²) in [5.74, 6) is 0. The largest absolute Gasteiger partial charge is 0.314 e. The van der Waals surface area contributed by atoms with Gasteiger partial charge in [0.1, 0.15) is 0 Å². The fraction of sp³-hybridized carbons (Fsp3) is 1.00. The molecule has 2 fully saturated rings. The lowest BCUT2D eigenvalue weighted by atomic mass is 10.1. The van der Waals surface area contributed by atoms with Crippen LogP contribution in [0.5, 0.6) is 0 Å². The summed E-state index contributed by atoms with van der Waals surface area (Å²) in [5, 5.41) is 6.80. The summed E-state index contributed by atoms with van der Waals surface area (Å²) in [4.78, 5) is 2.58. The number of hydrogen-bond donors (Lipinski definition) is 2. The summed E-state index contributed by atoms with van der Waals surface area (Å²) in [6.45, 7) is 7.19. The minimum Gasteiger partial charge on any atom is -0.314 e. The highest BCUT2D eigenvalue weighted by atomic mass is 35.5. The highest BCUT2D eigenvalue weighted by Crippen LogP contribution is 2.03. The first-order valence-corrected chi connectivity index (χ1v) is 4.12. The van der Waals surface area contributed by atoms with E-state index in [1.165, 1.54) is 39.3 Å². The quantitative estimate of drug-likeness (QED) is 0.640. The Bertz CT molecular complexity index is 99.6. The maximum Gasteiger partial charge on any atom is 0.0346 e. The van der Waals surface area contributed by atoms with Crippen LogP contribution in [-0.2, 0) is 0 Å². The van der Waals surface area contributed by atoms with E-state index in [-0.39, 0.29) is 37.2 Å². The van der Waals surface area contributed by atoms with Gasteiger partial charge in [-0.2, -0.15) is 0 Å². The van der Waals surface area contributed by atoms with E-state index in [1.807, 2.05) is 0 Å². The molecule has 0 amide bonds. The second-order valence-corrected chi connectivity index (χ2v) is 3.10. The maximum atomic E-state index is 3.40. The minimum atomic E-state index is 0. The molecular weight excluding hydrogens is 232 g/mol. The van der Waals surface area contributed by atoms with Gasteiger partial charge < -0.3 is 10.6 Å². The van der Waals surface area contributed by atoms with Crippen molar-refractivity contribution >= 4 is 37.2 Å². The second kappa shape index (κ2) is 8.09. The third kappa shape index (κ3) is 4.19. The zero-order valence-corrected chi connectivity index (χ0v) is 9.94. The normalized spacial score (nSPS) is 23.1. The lowest BCUT2D eigenvalue weighted by molar-refractivity contribution is 0.133. The van der Waals surface area contributed by atoms with E-state index in [2.05, 4.69) is 15.5 Å². The fourth-order valence-corrected chi connectivity index (χ4v) is 1.79. The van der Waals surface area contributed by atoms with Crippen molar-refractivity contribution in [3.05, 3.63) is 0 Å². The highest BCUT2D eigenvalue weighted by molar-refractivity contribution is 5.86. The van der Waals surface area contributed by atoms with Crippen molar-refractivity contribution in [2.45, 2.75) is 6.04 Å². The van der Waals surface area contributed by atoms with E-state index in [4.69, 9.17) is 0 Å². The van der Waals surface area contributed by atoms with Crippen molar-refractivity contribution in [3.8, 4) is 0 Å². The van der Waals surface area contributed by atoms with Gasteiger partial charge in [0.15, 0.2) is 0 Å². The Labute approximate surface area is 98.2 Å². The van der Waals surface area contributed by atoms with Gasteiger partial charge in [-0.3, -0.25) is 4.90 Å². The molecule has 0 aliphatic carbocycles. The lowest BCUT2D eigenvalue weighted by Crippen LogP contribution is -2.60. The van der Waals surface area contributed by atoms with Crippen molar-refractivity contribution < 1.29 is 0 Å². The molecule has 0 aromatic heterocycles. The third-order valence-corrected chi connectivity index (χ3v) is 2.43. The first-order chi connectivity index (χ1) is 4.97. The molecule has 6 heteroatoms. The van der Waals surface area contributed by atoms with Crippen LogP contribution in [0.25, 0.3) is 0 Å². The van der Waals surface area contributed by atoms with Crippen LogP contribution >= 0.6 is 37.2 Å². The first-order valence-electron chi connectivity index (χ1n) is 4.12. The van der Waals surface area contributed by atoms with Gasteiger partial charge in [-0.05, 0) is 0 Å². The lowest BCUT2D eigenvalue weighted by Gasteiger charge is -2.39. The molecule has 0 bridgehead atoms. The van der Waals surface area contributed by atoms with Gasteiger partial charge in [0.25, 0.3) is 0 Å². The molecule has 2 aliphatic rings. The molecule has 0 radical (unpaired) electrons. The number of fused-ring (bicyclic) bond motifs is 1. The molecule has 13 heavy (non-hydrogen) atoms. The van der Waals surface area contributed by atoms with Crippen LogP contribution in [0.3, 0.4) is 0 Å². The Morgan fingerprint density at radius 2 is 1.31 bits per heavy atom.